The van der Waals surface area contributed by atoms with Gasteiger partial charge in [0.2, 0.25) is 0 Å². The highest BCUT2D eigenvalue weighted by Gasteiger charge is 2.13. The summed E-state index contributed by atoms with van der Waals surface area (Å²) < 4.78 is 4.74. The number of imidazole rings is 1. The molecule has 4 N–H and O–H groups in total. The van der Waals surface area contributed by atoms with Crippen LogP contribution in [0.15, 0.2) is 24.5 Å². The molecule has 0 aliphatic heterocycles. The summed E-state index contributed by atoms with van der Waals surface area (Å²) in [5, 5.41) is 3.29. The minimum Gasteiger partial charge on any atom is -0.465 e. The van der Waals surface area contributed by atoms with E-state index < -0.39 is 5.97 Å². The first kappa shape index (κ1) is 14.9. The largest absolute Gasteiger partial charge is 0.465 e. The van der Waals surface area contributed by atoms with E-state index >= 15 is 0 Å². The summed E-state index contributed by atoms with van der Waals surface area (Å²) in [6.45, 7) is 2.65. The highest BCUT2D eigenvalue weighted by atomic mass is 16.5. The van der Waals surface area contributed by atoms with Crippen molar-refractivity contribution >= 4 is 17.3 Å². The molecule has 0 aliphatic rings. The molecule has 0 amide bonds. The second-order valence-electron chi connectivity index (χ2n) is 4.81. The van der Waals surface area contributed by atoms with E-state index in [2.05, 4.69) is 15.3 Å². The normalized spacial score (nSPS) is 10.4. The maximum absolute atomic E-state index is 11.7. The molecule has 0 atom stereocenters. The Kier molecular flexibility index (Phi) is 4.81. The van der Waals surface area contributed by atoms with Crippen molar-refractivity contribution < 1.29 is 9.53 Å². The van der Waals surface area contributed by atoms with E-state index in [1.165, 1.54) is 7.11 Å². The Balaban J connectivity index is 1.96. The molecule has 0 bridgehead atoms. The highest BCUT2D eigenvalue weighted by molar-refractivity contribution is 5.97. The number of aromatic amines is 1. The predicted octanol–water partition coefficient (Wildman–Crippen LogP) is 2.13. The number of carbonyl (C=O) groups excluding carboxylic acids is 1. The number of carbonyl (C=O) groups is 1. The number of nitrogens with two attached hydrogens (primary N) is 1. The van der Waals surface area contributed by atoms with Gasteiger partial charge in [0, 0.05) is 36.7 Å². The Hall–Kier alpha value is -2.50. The molecular weight excluding hydrogens is 268 g/mol. The molecule has 21 heavy (non-hydrogen) atoms. The zero-order chi connectivity index (χ0) is 15.2. The van der Waals surface area contributed by atoms with Gasteiger partial charge < -0.3 is 20.8 Å². The number of hydrogen-bond donors (Lipinski definition) is 3. The van der Waals surface area contributed by atoms with E-state index in [0.717, 1.165) is 36.5 Å². The number of aryl methyl sites for hydroxylation is 2. The number of aromatic nitrogens is 2. The molecule has 112 valence electrons. The van der Waals surface area contributed by atoms with Crippen LogP contribution < -0.4 is 11.1 Å². The van der Waals surface area contributed by atoms with Crippen LogP contribution in [0.25, 0.3) is 0 Å². The maximum Gasteiger partial charge on any atom is 0.340 e. The number of benzene rings is 1. The summed E-state index contributed by atoms with van der Waals surface area (Å²) in [6, 6.07) is 3.65. The van der Waals surface area contributed by atoms with Crippen molar-refractivity contribution in [3.63, 3.8) is 0 Å². The van der Waals surface area contributed by atoms with E-state index in [-0.39, 0.29) is 0 Å². The van der Waals surface area contributed by atoms with E-state index in [4.69, 9.17) is 10.5 Å². The first-order valence-corrected chi connectivity index (χ1v) is 6.82. The van der Waals surface area contributed by atoms with Crippen LogP contribution in [0.2, 0.25) is 0 Å². The van der Waals surface area contributed by atoms with Crippen molar-refractivity contribution in [2.45, 2.75) is 19.8 Å². The van der Waals surface area contributed by atoms with Crippen molar-refractivity contribution in [2.75, 3.05) is 24.7 Å². The van der Waals surface area contributed by atoms with Crippen LogP contribution in [0.5, 0.6) is 0 Å². The quantitative estimate of drug-likeness (QED) is 0.430. The van der Waals surface area contributed by atoms with Gasteiger partial charge in [-0.2, -0.15) is 0 Å². The number of nitrogens with one attached hydrogen (secondary N) is 2. The lowest BCUT2D eigenvalue weighted by Gasteiger charge is -2.12. The maximum atomic E-state index is 11.7. The number of anilines is 2. The Morgan fingerprint density at radius 3 is 2.95 bits per heavy atom. The molecule has 6 nitrogen and oxygen atoms in total. The number of rotatable bonds is 6. The molecule has 2 aromatic rings. The van der Waals surface area contributed by atoms with Crippen LogP contribution in [0.1, 0.15) is 28.2 Å². The number of methoxy groups -OCH3 is 1. The summed E-state index contributed by atoms with van der Waals surface area (Å²) in [5.41, 5.74) is 8.48. The molecule has 0 fully saturated rings. The topological polar surface area (TPSA) is 93.0 Å². The third kappa shape index (κ3) is 3.75. The number of nitrogen functional groups attached to an aromatic ring is 1. The summed E-state index contributed by atoms with van der Waals surface area (Å²) in [4.78, 5) is 18.9. The molecule has 0 saturated carbocycles. The first-order chi connectivity index (χ1) is 10.1. The molecule has 0 spiro atoms. The fraction of sp³-hybridized carbons (Fsp3) is 0.333. The van der Waals surface area contributed by atoms with Gasteiger partial charge in [0.05, 0.1) is 12.7 Å². The van der Waals surface area contributed by atoms with Gasteiger partial charge in [-0.05, 0) is 31.0 Å². The van der Waals surface area contributed by atoms with E-state index in [1.807, 2.05) is 19.2 Å². The lowest BCUT2D eigenvalue weighted by atomic mass is 10.1. The fourth-order valence-corrected chi connectivity index (χ4v) is 2.10. The fourth-order valence-electron chi connectivity index (χ4n) is 2.10. The summed E-state index contributed by atoms with van der Waals surface area (Å²) in [7, 11) is 1.35. The molecule has 0 saturated heterocycles. The molecule has 0 unspecified atom stereocenters. The van der Waals surface area contributed by atoms with Gasteiger partial charge in [-0.25, -0.2) is 9.78 Å². The Bertz CT molecular complexity index is 608. The lowest BCUT2D eigenvalue weighted by molar-refractivity contribution is 0.0602. The number of esters is 1. The van der Waals surface area contributed by atoms with Crippen LogP contribution in [0.4, 0.5) is 11.4 Å². The monoisotopic (exact) mass is 288 g/mol. The number of nitrogens with zero attached hydrogens (tertiary/aromatic N) is 1. The molecule has 1 aromatic carbocycles. The highest BCUT2D eigenvalue weighted by Crippen LogP contribution is 2.23. The van der Waals surface area contributed by atoms with Gasteiger partial charge in [-0.3, -0.25) is 0 Å². The average Bonchev–Trinajstić information content (AvgIpc) is 2.99. The first-order valence-electron chi connectivity index (χ1n) is 6.82. The van der Waals surface area contributed by atoms with Crippen LogP contribution in [-0.2, 0) is 11.2 Å². The Morgan fingerprint density at radius 1 is 1.48 bits per heavy atom. The minimum absolute atomic E-state index is 0.394. The van der Waals surface area contributed by atoms with Crippen molar-refractivity contribution in [1.29, 1.82) is 0 Å². The molecule has 1 heterocycles. The van der Waals surface area contributed by atoms with Gasteiger partial charge in [0.1, 0.15) is 5.82 Å². The van der Waals surface area contributed by atoms with Crippen LogP contribution in [0, 0.1) is 6.92 Å². The second-order valence-corrected chi connectivity index (χ2v) is 4.81. The van der Waals surface area contributed by atoms with Crippen molar-refractivity contribution in [2.24, 2.45) is 0 Å². The van der Waals surface area contributed by atoms with Crippen molar-refractivity contribution in [1.82, 2.24) is 9.97 Å². The van der Waals surface area contributed by atoms with Gasteiger partial charge in [0.25, 0.3) is 0 Å². The molecule has 2 rings (SSSR count). The lowest BCUT2D eigenvalue weighted by Crippen LogP contribution is -2.10. The average molecular weight is 288 g/mol. The van der Waals surface area contributed by atoms with Gasteiger partial charge in [0.15, 0.2) is 0 Å². The van der Waals surface area contributed by atoms with E-state index in [9.17, 15) is 4.79 Å². The summed E-state index contributed by atoms with van der Waals surface area (Å²) in [6.07, 6.45) is 5.37. The molecule has 1 aromatic heterocycles. The van der Waals surface area contributed by atoms with E-state index in [1.54, 1.807) is 12.3 Å². The Labute approximate surface area is 123 Å². The summed E-state index contributed by atoms with van der Waals surface area (Å²) >= 11 is 0. The van der Waals surface area contributed by atoms with Gasteiger partial charge in [-0.15, -0.1) is 0 Å². The Morgan fingerprint density at radius 2 is 2.29 bits per heavy atom. The van der Waals surface area contributed by atoms with Crippen LogP contribution >= 0.6 is 0 Å². The molecular formula is C15H20N4O2. The standard InChI is InChI=1S/C15H20N4O2/c1-10-8-11(9-12(14(10)16)15(20)21-2)17-5-3-4-13-18-6-7-19-13/h6-9,17H,3-5,16H2,1-2H3,(H,18,19). The van der Waals surface area contributed by atoms with E-state index in [0.29, 0.717) is 11.3 Å². The second kappa shape index (κ2) is 6.78. The third-order valence-electron chi connectivity index (χ3n) is 3.27. The molecule has 0 radical (unpaired) electrons. The zero-order valence-electron chi connectivity index (χ0n) is 12.3. The molecule has 0 aliphatic carbocycles. The SMILES string of the molecule is COC(=O)c1cc(NCCCc2ncc[nH]2)cc(C)c1N. The zero-order valence-corrected chi connectivity index (χ0v) is 12.3. The van der Waals surface area contributed by atoms with Gasteiger partial charge >= 0.3 is 5.97 Å². The smallest absolute Gasteiger partial charge is 0.340 e. The summed E-state index contributed by atoms with van der Waals surface area (Å²) in [5.74, 6) is 0.551. The van der Waals surface area contributed by atoms with Crippen LogP contribution in [0.3, 0.4) is 0 Å². The number of ether oxygens (including phenoxy) is 1. The van der Waals surface area contributed by atoms with Crippen molar-refractivity contribution in [3.8, 4) is 0 Å². The van der Waals surface area contributed by atoms with Gasteiger partial charge in [-0.1, -0.05) is 0 Å². The van der Waals surface area contributed by atoms with Crippen LogP contribution in [-0.4, -0.2) is 29.6 Å². The predicted molar refractivity (Wildman–Crippen MR) is 82.3 cm³/mol. The molecule has 6 heteroatoms. The number of hydrogen-bond acceptors (Lipinski definition) is 5. The number of H-pyrrole nitrogens is 1. The van der Waals surface area contributed by atoms with Crippen molar-refractivity contribution in [3.05, 3.63) is 41.5 Å². The minimum atomic E-state index is -0.421. The third-order valence-corrected chi connectivity index (χ3v) is 3.27.